The van der Waals surface area contributed by atoms with Gasteiger partial charge in [0.1, 0.15) is 0 Å². The fourth-order valence-corrected chi connectivity index (χ4v) is 2.63. The number of hydrogen-bond acceptors (Lipinski definition) is 2. The van der Waals surface area contributed by atoms with E-state index in [-0.39, 0.29) is 0 Å². The molecule has 2 unspecified atom stereocenters. The lowest BCUT2D eigenvalue weighted by molar-refractivity contribution is 0.0220. The quantitative estimate of drug-likeness (QED) is 0.847. The molecule has 1 aromatic rings. The molecule has 0 radical (unpaired) electrons. The molecule has 2 atom stereocenters. The second kappa shape index (κ2) is 5.67. The Morgan fingerprint density at radius 3 is 2.71 bits per heavy atom. The van der Waals surface area contributed by atoms with Gasteiger partial charge in [0, 0.05) is 10.2 Å². The molecule has 1 saturated heterocycles. The Morgan fingerprint density at radius 1 is 1.41 bits per heavy atom. The molecular weight excluding hydrogens is 327 g/mol. The highest BCUT2D eigenvalue weighted by Crippen LogP contribution is 2.29. The lowest BCUT2D eigenvalue weighted by atomic mass is 9.90. The zero-order valence-electron chi connectivity index (χ0n) is 10.2. The van der Waals surface area contributed by atoms with E-state index < -0.39 is 5.60 Å². The number of ether oxygens (including phenoxy) is 1. The normalized spacial score (nSPS) is 23.6. The van der Waals surface area contributed by atoms with Crippen molar-refractivity contribution in [3.8, 4) is 0 Å². The van der Waals surface area contributed by atoms with Crippen molar-refractivity contribution >= 4 is 22.6 Å². The Labute approximate surface area is 117 Å². The summed E-state index contributed by atoms with van der Waals surface area (Å²) in [5, 5.41) is 10.5. The molecular formula is C14H19IO2. The van der Waals surface area contributed by atoms with Crippen molar-refractivity contribution < 1.29 is 9.84 Å². The van der Waals surface area contributed by atoms with Crippen LogP contribution >= 0.6 is 22.6 Å². The second-order valence-corrected chi connectivity index (χ2v) is 6.20. The summed E-state index contributed by atoms with van der Waals surface area (Å²) in [5.74, 6) is 0. The smallest absolute Gasteiger partial charge is 0.0869 e. The van der Waals surface area contributed by atoms with Gasteiger partial charge in [0.2, 0.25) is 0 Å². The zero-order chi connectivity index (χ0) is 12.3. The topological polar surface area (TPSA) is 29.5 Å². The lowest BCUT2D eigenvalue weighted by Gasteiger charge is -2.25. The Bertz CT molecular complexity index is 353. The Hall–Kier alpha value is -0.130. The molecule has 1 heterocycles. The summed E-state index contributed by atoms with van der Waals surface area (Å²) in [6.07, 6.45) is 4.36. The van der Waals surface area contributed by atoms with E-state index >= 15 is 0 Å². The van der Waals surface area contributed by atoms with Crippen LogP contribution in [0.15, 0.2) is 24.3 Å². The van der Waals surface area contributed by atoms with E-state index in [0.29, 0.717) is 6.10 Å². The predicted molar refractivity (Wildman–Crippen MR) is 76.9 cm³/mol. The maximum Gasteiger partial charge on any atom is 0.0869 e. The monoisotopic (exact) mass is 346 g/mol. The molecule has 2 nitrogen and oxygen atoms in total. The van der Waals surface area contributed by atoms with Crippen LogP contribution in [0.3, 0.4) is 0 Å². The average molecular weight is 346 g/mol. The number of halogens is 1. The fourth-order valence-electron chi connectivity index (χ4n) is 2.27. The summed E-state index contributed by atoms with van der Waals surface area (Å²) in [4.78, 5) is 0. The molecule has 1 aliphatic heterocycles. The minimum Gasteiger partial charge on any atom is -0.385 e. The molecule has 0 amide bonds. The second-order valence-electron chi connectivity index (χ2n) is 4.95. The first-order valence-electron chi connectivity index (χ1n) is 6.18. The van der Waals surface area contributed by atoms with Crippen LogP contribution < -0.4 is 0 Å². The Balaban J connectivity index is 1.94. The van der Waals surface area contributed by atoms with E-state index in [1.165, 1.54) is 3.57 Å². The third kappa shape index (κ3) is 3.66. The van der Waals surface area contributed by atoms with Crippen LogP contribution in [-0.2, 0) is 10.3 Å². The van der Waals surface area contributed by atoms with Crippen molar-refractivity contribution in [3.05, 3.63) is 33.4 Å². The summed E-state index contributed by atoms with van der Waals surface area (Å²) in [6, 6.07) is 8.10. The average Bonchev–Trinajstić information content (AvgIpc) is 2.80. The van der Waals surface area contributed by atoms with Gasteiger partial charge in [-0.1, -0.05) is 12.1 Å². The highest BCUT2D eigenvalue weighted by atomic mass is 127. The standard InChI is InChI=1S/C14H19IO2/c1-14(16,9-8-13-3-2-10-17-13)11-4-6-12(15)7-5-11/h4-7,13,16H,2-3,8-10H2,1H3. The van der Waals surface area contributed by atoms with Gasteiger partial charge in [-0.15, -0.1) is 0 Å². The summed E-state index contributed by atoms with van der Waals surface area (Å²) >= 11 is 2.28. The summed E-state index contributed by atoms with van der Waals surface area (Å²) in [5.41, 5.74) is 0.256. The van der Waals surface area contributed by atoms with Crippen LogP contribution in [0.2, 0.25) is 0 Å². The number of hydrogen-bond donors (Lipinski definition) is 1. The first kappa shape index (κ1) is 13.3. The van der Waals surface area contributed by atoms with Crippen LogP contribution in [-0.4, -0.2) is 17.8 Å². The van der Waals surface area contributed by atoms with E-state index in [0.717, 1.165) is 37.9 Å². The first-order valence-corrected chi connectivity index (χ1v) is 7.26. The SMILES string of the molecule is CC(O)(CCC1CCCO1)c1ccc(I)cc1. The predicted octanol–water partition coefficient (Wildman–Crippen LogP) is 3.46. The molecule has 0 saturated carbocycles. The molecule has 0 aliphatic carbocycles. The highest BCUT2D eigenvalue weighted by molar-refractivity contribution is 14.1. The van der Waals surface area contributed by atoms with Gasteiger partial charge >= 0.3 is 0 Å². The Kier molecular flexibility index (Phi) is 4.44. The largest absolute Gasteiger partial charge is 0.385 e. The highest BCUT2D eigenvalue weighted by Gasteiger charge is 2.25. The van der Waals surface area contributed by atoms with Gasteiger partial charge in [-0.2, -0.15) is 0 Å². The third-order valence-corrected chi connectivity index (χ3v) is 4.16. The van der Waals surface area contributed by atoms with Crippen molar-refractivity contribution in [1.82, 2.24) is 0 Å². The van der Waals surface area contributed by atoms with Gasteiger partial charge in [0.25, 0.3) is 0 Å². The molecule has 3 heteroatoms. The summed E-state index contributed by atoms with van der Waals surface area (Å²) < 4.78 is 6.79. The molecule has 2 rings (SSSR count). The van der Waals surface area contributed by atoms with Crippen molar-refractivity contribution in [2.24, 2.45) is 0 Å². The van der Waals surface area contributed by atoms with Crippen molar-refractivity contribution in [2.75, 3.05) is 6.61 Å². The molecule has 0 spiro atoms. The van der Waals surface area contributed by atoms with E-state index in [9.17, 15) is 5.11 Å². The van der Waals surface area contributed by atoms with Gasteiger partial charge < -0.3 is 9.84 Å². The molecule has 1 aliphatic rings. The first-order chi connectivity index (χ1) is 8.08. The maximum absolute atomic E-state index is 10.5. The minimum atomic E-state index is -0.740. The summed E-state index contributed by atoms with van der Waals surface area (Å²) in [7, 11) is 0. The minimum absolute atomic E-state index is 0.352. The van der Waals surface area contributed by atoms with E-state index in [1.807, 2.05) is 31.2 Å². The third-order valence-electron chi connectivity index (χ3n) is 3.44. The molecule has 0 bridgehead atoms. The molecule has 1 N–H and O–H groups in total. The van der Waals surface area contributed by atoms with Crippen LogP contribution in [0.1, 0.15) is 38.2 Å². The maximum atomic E-state index is 10.5. The van der Waals surface area contributed by atoms with Crippen molar-refractivity contribution in [2.45, 2.75) is 44.3 Å². The number of benzene rings is 1. The van der Waals surface area contributed by atoms with Gasteiger partial charge in [0.05, 0.1) is 11.7 Å². The molecule has 1 aromatic carbocycles. The number of aliphatic hydroxyl groups is 1. The molecule has 1 fully saturated rings. The van der Waals surface area contributed by atoms with E-state index in [4.69, 9.17) is 4.74 Å². The van der Waals surface area contributed by atoms with Gasteiger partial charge in [0.15, 0.2) is 0 Å². The van der Waals surface area contributed by atoms with Gasteiger partial charge in [-0.25, -0.2) is 0 Å². The fraction of sp³-hybridized carbons (Fsp3) is 0.571. The molecule has 94 valence electrons. The van der Waals surface area contributed by atoms with Crippen LogP contribution in [0.5, 0.6) is 0 Å². The van der Waals surface area contributed by atoms with Crippen LogP contribution in [0, 0.1) is 3.57 Å². The molecule has 0 aromatic heterocycles. The zero-order valence-corrected chi connectivity index (χ0v) is 12.3. The summed E-state index contributed by atoms with van der Waals surface area (Å²) in [6.45, 7) is 2.78. The van der Waals surface area contributed by atoms with E-state index in [2.05, 4.69) is 22.6 Å². The van der Waals surface area contributed by atoms with Gasteiger partial charge in [-0.05, 0) is 72.9 Å². The van der Waals surface area contributed by atoms with E-state index in [1.54, 1.807) is 0 Å². The van der Waals surface area contributed by atoms with Crippen molar-refractivity contribution in [1.29, 1.82) is 0 Å². The van der Waals surface area contributed by atoms with Crippen LogP contribution in [0.25, 0.3) is 0 Å². The lowest BCUT2D eigenvalue weighted by Crippen LogP contribution is -2.23. The van der Waals surface area contributed by atoms with Crippen LogP contribution in [0.4, 0.5) is 0 Å². The molecule has 17 heavy (non-hydrogen) atoms. The Morgan fingerprint density at radius 2 is 2.12 bits per heavy atom. The van der Waals surface area contributed by atoms with Gasteiger partial charge in [-0.3, -0.25) is 0 Å². The number of rotatable bonds is 4. The van der Waals surface area contributed by atoms with Crippen molar-refractivity contribution in [3.63, 3.8) is 0 Å².